The van der Waals surface area contributed by atoms with E-state index in [2.05, 4.69) is 32.2 Å². The molecule has 1 aliphatic heterocycles. The molecule has 0 aliphatic carbocycles. The lowest BCUT2D eigenvalue weighted by Crippen LogP contribution is -2.42. The second-order valence-electron chi connectivity index (χ2n) is 6.19. The van der Waals surface area contributed by atoms with Gasteiger partial charge in [0.2, 0.25) is 11.8 Å². The third-order valence-corrected chi connectivity index (χ3v) is 4.09. The average Bonchev–Trinajstić information content (AvgIpc) is 3.24. The van der Waals surface area contributed by atoms with Gasteiger partial charge in [-0.3, -0.25) is 9.89 Å². The molecule has 9 heteroatoms. The smallest absolute Gasteiger partial charge is 0.226 e. The van der Waals surface area contributed by atoms with Crippen LogP contribution in [0.5, 0.6) is 0 Å². The van der Waals surface area contributed by atoms with Crippen molar-refractivity contribution in [3.63, 3.8) is 0 Å². The predicted molar refractivity (Wildman–Crippen MR) is 87.6 cm³/mol. The van der Waals surface area contributed by atoms with Gasteiger partial charge in [0.05, 0.1) is 13.2 Å². The van der Waals surface area contributed by atoms with Crippen molar-refractivity contribution < 1.29 is 14.1 Å². The Morgan fingerprint density at radius 2 is 2.24 bits per heavy atom. The van der Waals surface area contributed by atoms with Gasteiger partial charge in [0, 0.05) is 25.8 Å². The van der Waals surface area contributed by atoms with Crippen molar-refractivity contribution >= 4 is 5.91 Å². The molecule has 0 aromatic carbocycles. The van der Waals surface area contributed by atoms with Crippen LogP contribution in [0, 0.1) is 6.92 Å². The first-order valence-corrected chi connectivity index (χ1v) is 8.75. The predicted octanol–water partition coefficient (Wildman–Crippen LogP) is 1.37. The van der Waals surface area contributed by atoms with Crippen molar-refractivity contribution in [1.29, 1.82) is 0 Å². The molecule has 0 saturated carbocycles. The van der Waals surface area contributed by atoms with Crippen LogP contribution in [0.1, 0.15) is 55.7 Å². The normalized spacial score (nSPS) is 17.8. The van der Waals surface area contributed by atoms with E-state index in [0.29, 0.717) is 50.7 Å². The molecule has 1 saturated heterocycles. The summed E-state index contributed by atoms with van der Waals surface area (Å²) < 4.78 is 10.9. The highest BCUT2D eigenvalue weighted by Gasteiger charge is 2.27. The highest BCUT2D eigenvalue weighted by molar-refractivity contribution is 5.76. The first kappa shape index (κ1) is 17.5. The maximum atomic E-state index is 12.4. The number of carbonyl (C=O) groups is 1. The fraction of sp³-hybridized carbons (Fsp3) is 0.688. The fourth-order valence-electron chi connectivity index (χ4n) is 2.80. The molecule has 2 aromatic rings. The second kappa shape index (κ2) is 8.19. The third kappa shape index (κ3) is 4.62. The van der Waals surface area contributed by atoms with Gasteiger partial charge in [-0.25, -0.2) is 4.98 Å². The Hall–Kier alpha value is -2.29. The van der Waals surface area contributed by atoms with Crippen LogP contribution in [-0.2, 0) is 22.4 Å². The average molecular weight is 348 g/mol. The van der Waals surface area contributed by atoms with E-state index in [1.807, 2.05) is 11.8 Å². The van der Waals surface area contributed by atoms with E-state index in [4.69, 9.17) is 9.26 Å². The Kier molecular flexibility index (Phi) is 5.75. The van der Waals surface area contributed by atoms with Crippen molar-refractivity contribution in [2.24, 2.45) is 0 Å². The van der Waals surface area contributed by atoms with E-state index in [-0.39, 0.29) is 12.0 Å². The maximum Gasteiger partial charge on any atom is 0.226 e. The largest absolute Gasteiger partial charge is 0.366 e. The van der Waals surface area contributed by atoms with Gasteiger partial charge in [-0.2, -0.15) is 10.1 Å². The Balaban J connectivity index is 1.45. The quantitative estimate of drug-likeness (QED) is 0.804. The zero-order valence-corrected chi connectivity index (χ0v) is 14.7. The number of aromatic amines is 1. The fourth-order valence-corrected chi connectivity index (χ4v) is 2.80. The number of nitrogens with zero attached hydrogens (tertiary/aromatic N) is 5. The number of carbonyl (C=O) groups excluding carboxylic acids is 1. The molecule has 3 rings (SSSR count). The Bertz CT molecular complexity index is 698. The molecular weight excluding hydrogens is 324 g/mol. The molecule has 1 atom stereocenters. The summed E-state index contributed by atoms with van der Waals surface area (Å²) in [4.78, 5) is 22.9. The van der Waals surface area contributed by atoms with Gasteiger partial charge in [0.25, 0.3) is 0 Å². The molecule has 1 fully saturated rings. The summed E-state index contributed by atoms with van der Waals surface area (Å²) in [5, 5.41) is 10.9. The first-order valence-electron chi connectivity index (χ1n) is 8.75. The lowest BCUT2D eigenvalue weighted by atomic mass is 10.2. The van der Waals surface area contributed by atoms with Crippen LogP contribution in [0.15, 0.2) is 4.52 Å². The van der Waals surface area contributed by atoms with Crippen LogP contribution < -0.4 is 0 Å². The highest BCUT2D eigenvalue weighted by atomic mass is 16.5. The molecule has 9 nitrogen and oxygen atoms in total. The number of H-pyrrole nitrogens is 1. The summed E-state index contributed by atoms with van der Waals surface area (Å²) in [7, 11) is 0. The van der Waals surface area contributed by atoms with Gasteiger partial charge >= 0.3 is 0 Å². The summed E-state index contributed by atoms with van der Waals surface area (Å²) >= 11 is 0. The van der Waals surface area contributed by atoms with Crippen LogP contribution in [0.2, 0.25) is 0 Å². The number of hydrogen-bond acceptors (Lipinski definition) is 7. The number of rotatable bonds is 7. The summed E-state index contributed by atoms with van der Waals surface area (Å²) in [6, 6.07) is 0. The van der Waals surface area contributed by atoms with Crippen molar-refractivity contribution in [3.8, 4) is 0 Å². The molecule has 2 aromatic heterocycles. The topological polar surface area (TPSA) is 110 Å². The Morgan fingerprint density at radius 3 is 3.00 bits per heavy atom. The van der Waals surface area contributed by atoms with Crippen LogP contribution in [0.4, 0.5) is 0 Å². The molecule has 1 aliphatic rings. The van der Waals surface area contributed by atoms with Crippen LogP contribution in [0.3, 0.4) is 0 Å². The molecule has 136 valence electrons. The molecule has 1 amide bonds. The van der Waals surface area contributed by atoms with E-state index in [1.54, 1.807) is 0 Å². The van der Waals surface area contributed by atoms with Gasteiger partial charge in [-0.15, -0.1) is 0 Å². The molecule has 0 bridgehead atoms. The molecule has 3 heterocycles. The maximum absolute atomic E-state index is 12.4. The van der Waals surface area contributed by atoms with Gasteiger partial charge in [-0.05, 0) is 19.8 Å². The van der Waals surface area contributed by atoms with Crippen LogP contribution in [0.25, 0.3) is 0 Å². The lowest BCUT2D eigenvalue weighted by molar-refractivity contribution is -0.139. The first-order chi connectivity index (χ1) is 12.2. The highest BCUT2D eigenvalue weighted by Crippen LogP contribution is 2.20. The summed E-state index contributed by atoms with van der Waals surface area (Å²) in [6.45, 7) is 5.49. The zero-order valence-electron chi connectivity index (χ0n) is 14.7. The molecule has 0 radical (unpaired) electrons. The van der Waals surface area contributed by atoms with E-state index >= 15 is 0 Å². The third-order valence-electron chi connectivity index (χ3n) is 4.09. The summed E-state index contributed by atoms with van der Waals surface area (Å²) in [6.07, 6.45) is 3.30. The molecular formula is C16H24N6O3. The molecule has 25 heavy (non-hydrogen) atoms. The van der Waals surface area contributed by atoms with Crippen molar-refractivity contribution in [2.75, 3.05) is 19.7 Å². The lowest BCUT2D eigenvalue weighted by Gasteiger charge is -2.31. The summed E-state index contributed by atoms with van der Waals surface area (Å²) in [5.41, 5.74) is 0. The van der Waals surface area contributed by atoms with Crippen molar-refractivity contribution in [1.82, 2.24) is 30.2 Å². The minimum atomic E-state index is -0.268. The van der Waals surface area contributed by atoms with Crippen LogP contribution in [-0.4, -0.2) is 55.8 Å². The number of ether oxygens (including phenoxy) is 1. The van der Waals surface area contributed by atoms with Gasteiger partial charge in [-0.1, -0.05) is 12.1 Å². The standard InChI is InChI=1S/C16H24N6O3/c1-3-5-13-18-14(25-21-13)6-4-7-15(23)22-8-9-24-12(10-22)16-17-11(2)19-20-16/h12H,3-10H2,1-2H3,(H,17,19,20)/t12-/m0/s1. The van der Waals surface area contributed by atoms with Gasteiger partial charge in [0.1, 0.15) is 11.9 Å². The SMILES string of the molecule is CCCc1noc(CCCC(=O)N2CCO[C@H](c3n[nH]c(C)n3)C2)n1. The molecule has 0 unspecified atom stereocenters. The van der Waals surface area contributed by atoms with Crippen LogP contribution >= 0.6 is 0 Å². The molecule has 1 N–H and O–H groups in total. The van der Waals surface area contributed by atoms with E-state index < -0.39 is 0 Å². The Labute approximate surface area is 146 Å². The Morgan fingerprint density at radius 1 is 1.36 bits per heavy atom. The number of aromatic nitrogens is 5. The number of nitrogens with one attached hydrogen (secondary N) is 1. The minimum Gasteiger partial charge on any atom is -0.366 e. The summed E-state index contributed by atoms with van der Waals surface area (Å²) in [5.74, 6) is 2.79. The van der Waals surface area contributed by atoms with Gasteiger partial charge in [0.15, 0.2) is 11.6 Å². The van der Waals surface area contributed by atoms with Gasteiger partial charge < -0.3 is 14.2 Å². The number of aryl methyl sites for hydroxylation is 3. The number of morpholine rings is 1. The number of hydrogen-bond donors (Lipinski definition) is 1. The second-order valence-corrected chi connectivity index (χ2v) is 6.19. The van der Waals surface area contributed by atoms with Crippen molar-refractivity contribution in [3.05, 3.63) is 23.4 Å². The monoisotopic (exact) mass is 348 g/mol. The zero-order chi connectivity index (χ0) is 17.6. The van der Waals surface area contributed by atoms with E-state index in [1.165, 1.54) is 0 Å². The van der Waals surface area contributed by atoms with E-state index in [9.17, 15) is 4.79 Å². The minimum absolute atomic E-state index is 0.105. The van der Waals surface area contributed by atoms with E-state index in [0.717, 1.165) is 24.5 Å². The van der Waals surface area contributed by atoms with Crippen molar-refractivity contribution in [2.45, 2.75) is 52.1 Å². The number of amides is 1. The molecule has 0 spiro atoms.